The minimum Gasteiger partial charge on any atom is -0.396 e. The highest BCUT2D eigenvalue weighted by Crippen LogP contribution is 2.25. The molecule has 18 heavy (non-hydrogen) atoms. The van der Waals surface area contributed by atoms with E-state index < -0.39 is 0 Å². The van der Waals surface area contributed by atoms with Crippen molar-refractivity contribution < 1.29 is 14.6 Å². The van der Waals surface area contributed by atoms with Crippen molar-refractivity contribution in [3.63, 3.8) is 0 Å². The fraction of sp³-hybridized carbons (Fsp3) is 0.467. The van der Waals surface area contributed by atoms with Crippen LogP contribution in [0.4, 0.5) is 0 Å². The SMILES string of the molecule is C#CC(CC(OC)OC)c1ccccc1CCO. The van der Waals surface area contributed by atoms with Crippen LogP contribution in [0, 0.1) is 12.3 Å². The van der Waals surface area contributed by atoms with Crippen molar-refractivity contribution in [1.29, 1.82) is 0 Å². The fourth-order valence-corrected chi connectivity index (χ4v) is 1.99. The number of hydrogen-bond acceptors (Lipinski definition) is 3. The van der Waals surface area contributed by atoms with E-state index in [1.807, 2.05) is 24.3 Å². The Morgan fingerprint density at radius 2 is 1.94 bits per heavy atom. The van der Waals surface area contributed by atoms with Gasteiger partial charge < -0.3 is 14.6 Å². The number of methoxy groups -OCH3 is 2. The van der Waals surface area contributed by atoms with Gasteiger partial charge in [0.15, 0.2) is 6.29 Å². The summed E-state index contributed by atoms with van der Waals surface area (Å²) in [4.78, 5) is 0. The first-order chi connectivity index (χ1) is 8.76. The number of aliphatic hydroxyl groups is 1. The highest BCUT2D eigenvalue weighted by atomic mass is 16.7. The Hall–Kier alpha value is -1.34. The molecular formula is C15H20O3. The van der Waals surface area contributed by atoms with Gasteiger partial charge in [0, 0.05) is 27.2 Å². The normalized spacial score (nSPS) is 12.4. The molecule has 1 atom stereocenters. The maximum Gasteiger partial charge on any atom is 0.158 e. The minimum atomic E-state index is -0.312. The first-order valence-electron chi connectivity index (χ1n) is 5.97. The summed E-state index contributed by atoms with van der Waals surface area (Å²) >= 11 is 0. The molecule has 0 saturated heterocycles. The summed E-state index contributed by atoms with van der Waals surface area (Å²) in [5.74, 6) is 2.70. The summed E-state index contributed by atoms with van der Waals surface area (Å²) in [6, 6.07) is 7.89. The lowest BCUT2D eigenvalue weighted by Crippen LogP contribution is -2.17. The van der Waals surface area contributed by atoms with Gasteiger partial charge in [-0.3, -0.25) is 0 Å². The third kappa shape index (κ3) is 3.85. The standard InChI is InChI=1S/C15H20O3/c1-4-12(11-15(17-2)18-3)14-8-6-5-7-13(14)9-10-16/h1,5-8,12,15-16H,9-11H2,2-3H3. The predicted octanol–water partition coefficient (Wildman–Crippen LogP) is 1.95. The van der Waals surface area contributed by atoms with Crippen LogP contribution >= 0.6 is 0 Å². The molecule has 0 spiro atoms. The van der Waals surface area contributed by atoms with Crippen molar-refractivity contribution >= 4 is 0 Å². The number of ether oxygens (including phenoxy) is 2. The van der Waals surface area contributed by atoms with Crippen LogP contribution in [0.2, 0.25) is 0 Å². The van der Waals surface area contributed by atoms with E-state index in [0.29, 0.717) is 12.8 Å². The van der Waals surface area contributed by atoms with E-state index in [1.54, 1.807) is 14.2 Å². The van der Waals surface area contributed by atoms with Crippen LogP contribution in [0.3, 0.4) is 0 Å². The Morgan fingerprint density at radius 3 is 2.50 bits per heavy atom. The van der Waals surface area contributed by atoms with Gasteiger partial charge in [0.2, 0.25) is 0 Å². The van der Waals surface area contributed by atoms with E-state index >= 15 is 0 Å². The van der Waals surface area contributed by atoms with Crippen molar-refractivity contribution in [3.8, 4) is 12.3 Å². The summed E-state index contributed by atoms with van der Waals surface area (Å²) in [7, 11) is 3.20. The second-order valence-corrected chi connectivity index (χ2v) is 4.03. The number of terminal acetylenes is 1. The first-order valence-corrected chi connectivity index (χ1v) is 5.97. The van der Waals surface area contributed by atoms with Gasteiger partial charge in [-0.25, -0.2) is 0 Å². The molecule has 1 aromatic rings. The molecule has 0 aliphatic carbocycles. The topological polar surface area (TPSA) is 38.7 Å². The molecule has 1 aromatic carbocycles. The maximum atomic E-state index is 9.07. The molecule has 1 rings (SSSR count). The largest absolute Gasteiger partial charge is 0.396 e. The lowest BCUT2D eigenvalue weighted by molar-refractivity contribution is -0.107. The molecule has 0 aliphatic heterocycles. The van der Waals surface area contributed by atoms with Gasteiger partial charge in [-0.2, -0.15) is 0 Å². The second-order valence-electron chi connectivity index (χ2n) is 4.03. The summed E-state index contributed by atoms with van der Waals surface area (Å²) in [5, 5.41) is 9.07. The lowest BCUT2D eigenvalue weighted by atomic mass is 9.91. The van der Waals surface area contributed by atoms with Gasteiger partial charge in [-0.1, -0.05) is 30.2 Å². The molecule has 0 fully saturated rings. The lowest BCUT2D eigenvalue weighted by Gasteiger charge is -2.20. The highest BCUT2D eigenvalue weighted by Gasteiger charge is 2.17. The van der Waals surface area contributed by atoms with Gasteiger partial charge in [0.25, 0.3) is 0 Å². The van der Waals surface area contributed by atoms with Crippen molar-refractivity contribution in [3.05, 3.63) is 35.4 Å². The Kier molecular flexibility index (Phi) is 6.45. The molecule has 0 bridgehead atoms. The van der Waals surface area contributed by atoms with Crippen LogP contribution < -0.4 is 0 Å². The van der Waals surface area contributed by atoms with Crippen LogP contribution in [-0.2, 0) is 15.9 Å². The molecule has 98 valence electrons. The summed E-state index contributed by atoms with van der Waals surface area (Å²) in [6.07, 6.45) is 6.51. The number of rotatable bonds is 7. The Bertz CT molecular complexity index is 391. The predicted molar refractivity (Wildman–Crippen MR) is 71.2 cm³/mol. The maximum absolute atomic E-state index is 9.07. The number of benzene rings is 1. The van der Waals surface area contributed by atoms with Crippen LogP contribution in [0.5, 0.6) is 0 Å². The molecule has 0 saturated carbocycles. The van der Waals surface area contributed by atoms with Crippen molar-refractivity contribution in [1.82, 2.24) is 0 Å². The molecule has 0 amide bonds. The zero-order chi connectivity index (χ0) is 13.4. The van der Waals surface area contributed by atoms with Gasteiger partial charge in [-0.05, 0) is 17.5 Å². The van der Waals surface area contributed by atoms with Gasteiger partial charge in [0.05, 0.1) is 5.92 Å². The molecule has 3 heteroatoms. The van der Waals surface area contributed by atoms with Crippen molar-refractivity contribution in [2.75, 3.05) is 20.8 Å². The molecule has 1 unspecified atom stereocenters. The van der Waals surface area contributed by atoms with Crippen LogP contribution in [-0.4, -0.2) is 32.2 Å². The monoisotopic (exact) mass is 248 g/mol. The molecule has 0 aromatic heterocycles. The average molecular weight is 248 g/mol. The molecule has 0 aliphatic rings. The summed E-state index contributed by atoms with van der Waals surface area (Å²) < 4.78 is 10.4. The summed E-state index contributed by atoms with van der Waals surface area (Å²) in [6.45, 7) is 0.117. The number of hydrogen-bond donors (Lipinski definition) is 1. The van der Waals surface area contributed by atoms with E-state index in [2.05, 4.69) is 5.92 Å². The molecular weight excluding hydrogens is 228 g/mol. The van der Waals surface area contributed by atoms with Crippen molar-refractivity contribution in [2.24, 2.45) is 0 Å². The van der Waals surface area contributed by atoms with E-state index in [9.17, 15) is 0 Å². The molecule has 0 heterocycles. The smallest absolute Gasteiger partial charge is 0.158 e. The Balaban J connectivity index is 2.91. The van der Waals surface area contributed by atoms with Gasteiger partial charge in [0.1, 0.15) is 0 Å². The quantitative estimate of drug-likeness (QED) is 0.592. The third-order valence-corrected chi connectivity index (χ3v) is 2.97. The Labute approximate surface area is 109 Å². The Morgan fingerprint density at radius 1 is 1.28 bits per heavy atom. The zero-order valence-electron chi connectivity index (χ0n) is 10.9. The van der Waals surface area contributed by atoms with Crippen LogP contribution in [0.1, 0.15) is 23.5 Å². The zero-order valence-corrected chi connectivity index (χ0v) is 10.9. The van der Waals surface area contributed by atoms with E-state index in [4.69, 9.17) is 21.0 Å². The highest BCUT2D eigenvalue weighted by molar-refractivity contribution is 5.35. The van der Waals surface area contributed by atoms with Crippen molar-refractivity contribution in [2.45, 2.75) is 25.0 Å². The van der Waals surface area contributed by atoms with E-state index in [1.165, 1.54) is 0 Å². The van der Waals surface area contributed by atoms with E-state index in [-0.39, 0.29) is 18.8 Å². The third-order valence-electron chi connectivity index (χ3n) is 2.97. The average Bonchev–Trinajstić information content (AvgIpc) is 2.42. The van der Waals surface area contributed by atoms with Crippen LogP contribution in [0.15, 0.2) is 24.3 Å². The second kappa shape index (κ2) is 7.88. The fourth-order valence-electron chi connectivity index (χ4n) is 1.99. The van der Waals surface area contributed by atoms with Gasteiger partial charge >= 0.3 is 0 Å². The van der Waals surface area contributed by atoms with Gasteiger partial charge in [-0.15, -0.1) is 6.42 Å². The summed E-state index contributed by atoms with van der Waals surface area (Å²) in [5.41, 5.74) is 2.14. The molecule has 3 nitrogen and oxygen atoms in total. The number of aliphatic hydroxyl groups excluding tert-OH is 1. The minimum absolute atomic E-state index is 0.0716. The first kappa shape index (κ1) is 14.7. The van der Waals surface area contributed by atoms with Crippen LogP contribution in [0.25, 0.3) is 0 Å². The molecule has 0 radical (unpaired) electrons. The van der Waals surface area contributed by atoms with E-state index in [0.717, 1.165) is 11.1 Å². The molecule has 1 N–H and O–H groups in total.